The summed E-state index contributed by atoms with van der Waals surface area (Å²) in [6, 6.07) is -0.721. The van der Waals surface area contributed by atoms with E-state index in [-0.39, 0.29) is 19.4 Å². The predicted octanol–water partition coefficient (Wildman–Crippen LogP) is 0.533. The smallest absolute Gasteiger partial charge is 0.362 e. The maximum Gasteiger partial charge on any atom is 0.362 e. The number of carbonyl (C=O) groups is 2. The van der Waals surface area contributed by atoms with Gasteiger partial charge in [-0.05, 0) is 32.8 Å². The summed E-state index contributed by atoms with van der Waals surface area (Å²) >= 11 is 0. The van der Waals surface area contributed by atoms with E-state index in [1.54, 1.807) is 5.32 Å². The average molecular weight is 300 g/mol. The van der Waals surface area contributed by atoms with Crippen molar-refractivity contribution in [3.8, 4) is 0 Å². The molecule has 0 saturated carbocycles. The molecule has 120 valence electrons. The number of quaternary nitrogens is 1. The molecule has 0 unspecified atom stereocenters. The van der Waals surface area contributed by atoms with Crippen LogP contribution in [0.2, 0.25) is 0 Å². The molecule has 0 aromatic carbocycles. The maximum atomic E-state index is 11.0. The standard InChI is InChI=1S/C15H25NO5/c1-11(4-3-5-12(2)10-17)8-9-16-13(15(20)21)6-7-14(18)19/h5,8,13,16-17H,3-4,6-7,9-10H2,1-2H3,(H,18,19)(H,20,21)/p+1/b11-8+,12-5+/t13-/m0/s1. The molecular weight excluding hydrogens is 274 g/mol. The summed E-state index contributed by atoms with van der Waals surface area (Å²) in [5.41, 5.74) is 2.09. The Hall–Kier alpha value is -1.66. The predicted molar refractivity (Wildman–Crippen MR) is 78.9 cm³/mol. The minimum atomic E-state index is -0.983. The number of hydrogen-bond acceptors (Lipinski definition) is 3. The van der Waals surface area contributed by atoms with Crippen LogP contribution >= 0.6 is 0 Å². The van der Waals surface area contributed by atoms with E-state index in [0.717, 1.165) is 24.0 Å². The van der Waals surface area contributed by atoms with Crippen molar-refractivity contribution < 1.29 is 30.2 Å². The van der Waals surface area contributed by atoms with E-state index in [4.69, 9.17) is 15.3 Å². The van der Waals surface area contributed by atoms with Gasteiger partial charge in [0.15, 0.2) is 6.04 Å². The molecule has 0 aliphatic carbocycles. The van der Waals surface area contributed by atoms with Gasteiger partial charge in [0, 0.05) is 6.42 Å². The number of aliphatic hydroxyl groups excluding tert-OH is 1. The van der Waals surface area contributed by atoms with E-state index in [2.05, 4.69) is 0 Å². The minimum absolute atomic E-state index is 0.0698. The Kier molecular flexibility index (Phi) is 10.2. The molecule has 0 rings (SSSR count). The SMILES string of the molecule is C/C(=C\CC/C(C)=C/C[NH2+][C@@H](CCC(=O)O)C(=O)O)CO. The fourth-order valence-corrected chi connectivity index (χ4v) is 1.77. The number of hydrogen-bond donors (Lipinski definition) is 4. The first-order valence-corrected chi connectivity index (χ1v) is 7.06. The van der Waals surface area contributed by atoms with Crippen molar-refractivity contribution in [3.05, 3.63) is 23.3 Å². The number of aliphatic hydroxyl groups is 1. The molecule has 0 spiro atoms. The van der Waals surface area contributed by atoms with Crippen LogP contribution in [0.3, 0.4) is 0 Å². The Labute approximate surface area is 125 Å². The van der Waals surface area contributed by atoms with Gasteiger partial charge in [0.25, 0.3) is 0 Å². The van der Waals surface area contributed by atoms with Crippen molar-refractivity contribution in [1.29, 1.82) is 0 Å². The number of aliphatic carboxylic acids is 2. The second-order valence-electron chi connectivity index (χ2n) is 5.15. The zero-order chi connectivity index (χ0) is 16.3. The van der Waals surface area contributed by atoms with E-state index in [0.29, 0.717) is 6.54 Å². The zero-order valence-electron chi connectivity index (χ0n) is 12.7. The molecule has 0 bridgehead atoms. The van der Waals surface area contributed by atoms with Crippen molar-refractivity contribution in [2.24, 2.45) is 0 Å². The van der Waals surface area contributed by atoms with Gasteiger partial charge in [-0.1, -0.05) is 17.2 Å². The van der Waals surface area contributed by atoms with Gasteiger partial charge in [0.1, 0.15) is 0 Å². The highest BCUT2D eigenvalue weighted by Crippen LogP contribution is 2.05. The van der Waals surface area contributed by atoms with Crippen LogP contribution in [0.1, 0.15) is 39.5 Å². The van der Waals surface area contributed by atoms with Crippen LogP contribution in [0.4, 0.5) is 0 Å². The summed E-state index contributed by atoms with van der Waals surface area (Å²) < 4.78 is 0. The van der Waals surface area contributed by atoms with Gasteiger partial charge in [0.2, 0.25) is 0 Å². The van der Waals surface area contributed by atoms with Gasteiger partial charge in [0.05, 0.1) is 19.6 Å². The van der Waals surface area contributed by atoms with Crippen LogP contribution in [-0.2, 0) is 9.59 Å². The van der Waals surface area contributed by atoms with E-state index in [1.165, 1.54) is 0 Å². The van der Waals surface area contributed by atoms with Crippen molar-refractivity contribution in [3.63, 3.8) is 0 Å². The molecule has 6 nitrogen and oxygen atoms in total. The van der Waals surface area contributed by atoms with E-state index in [1.807, 2.05) is 26.0 Å². The zero-order valence-corrected chi connectivity index (χ0v) is 12.7. The van der Waals surface area contributed by atoms with E-state index >= 15 is 0 Å². The topological polar surface area (TPSA) is 111 Å². The lowest BCUT2D eigenvalue weighted by molar-refractivity contribution is -0.670. The van der Waals surface area contributed by atoms with Gasteiger partial charge in [-0.2, -0.15) is 0 Å². The molecule has 0 aromatic heterocycles. The fraction of sp³-hybridized carbons (Fsp3) is 0.600. The largest absolute Gasteiger partial charge is 0.481 e. The molecular formula is C15H26NO5+. The molecule has 5 N–H and O–H groups in total. The van der Waals surface area contributed by atoms with Gasteiger partial charge in [-0.15, -0.1) is 0 Å². The first-order valence-electron chi connectivity index (χ1n) is 7.06. The first kappa shape index (κ1) is 19.3. The molecule has 0 radical (unpaired) electrons. The third-order valence-corrected chi connectivity index (χ3v) is 3.15. The van der Waals surface area contributed by atoms with Crippen LogP contribution in [0.25, 0.3) is 0 Å². The van der Waals surface area contributed by atoms with Gasteiger partial charge < -0.3 is 20.6 Å². The third-order valence-electron chi connectivity index (χ3n) is 3.15. The molecule has 0 amide bonds. The summed E-state index contributed by atoms with van der Waals surface area (Å²) in [6.07, 6.45) is 5.62. The van der Waals surface area contributed by atoms with E-state index in [9.17, 15) is 9.59 Å². The van der Waals surface area contributed by atoms with Gasteiger partial charge in [-0.3, -0.25) is 4.79 Å². The number of carboxylic acid groups (broad SMARTS) is 2. The van der Waals surface area contributed by atoms with Gasteiger partial charge in [-0.25, -0.2) is 4.79 Å². The quantitative estimate of drug-likeness (QED) is 0.416. The number of carboxylic acids is 2. The highest BCUT2D eigenvalue weighted by molar-refractivity contribution is 5.73. The van der Waals surface area contributed by atoms with Crippen molar-refractivity contribution >= 4 is 11.9 Å². The Morgan fingerprint density at radius 2 is 1.76 bits per heavy atom. The highest BCUT2D eigenvalue weighted by Gasteiger charge is 2.20. The summed E-state index contributed by atoms with van der Waals surface area (Å²) in [6.45, 7) is 4.43. The molecule has 6 heteroatoms. The Balaban J connectivity index is 4.13. The van der Waals surface area contributed by atoms with Crippen molar-refractivity contribution in [2.75, 3.05) is 13.2 Å². The normalized spacial score (nSPS) is 14.0. The number of rotatable bonds is 11. The summed E-state index contributed by atoms with van der Waals surface area (Å²) in [5.74, 6) is -1.96. The number of allylic oxidation sites excluding steroid dienone is 2. The van der Waals surface area contributed by atoms with Gasteiger partial charge >= 0.3 is 11.9 Å². The monoisotopic (exact) mass is 300 g/mol. The summed E-state index contributed by atoms with van der Waals surface area (Å²) in [4.78, 5) is 21.5. The Morgan fingerprint density at radius 3 is 2.29 bits per heavy atom. The first-order chi connectivity index (χ1) is 9.86. The van der Waals surface area contributed by atoms with Crippen molar-refractivity contribution in [2.45, 2.75) is 45.6 Å². The van der Waals surface area contributed by atoms with Crippen LogP contribution in [-0.4, -0.2) is 46.5 Å². The lowest BCUT2D eigenvalue weighted by atomic mass is 10.1. The maximum absolute atomic E-state index is 11.0. The molecule has 0 aliphatic rings. The molecule has 0 heterocycles. The van der Waals surface area contributed by atoms with Crippen LogP contribution in [0.5, 0.6) is 0 Å². The molecule has 0 saturated heterocycles. The second-order valence-corrected chi connectivity index (χ2v) is 5.15. The van der Waals surface area contributed by atoms with Crippen molar-refractivity contribution in [1.82, 2.24) is 0 Å². The van der Waals surface area contributed by atoms with E-state index < -0.39 is 18.0 Å². The lowest BCUT2D eigenvalue weighted by Gasteiger charge is -2.09. The fourth-order valence-electron chi connectivity index (χ4n) is 1.77. The number of nitrogens with two attached hydrogens (primary N) is 1. The summed E-state index contributed by atoms with van der Waals surface area (Å²) in [5, 5.41) is 28.1. The minimum Gasteiger partial charge on any atom is -0.481 e. The van der Waals surface area contributed by atoms with Crippen LogP contribution in [0, 0.1) is 0 Å². The average Bonchev–Trinajstić information content (AvgIpc) is 2.41. The lowest BCUT2D eigenvalue weighted by Crippen LogP contribution is -2.91. The molecule has 1 atom stereocenters. The Morgan fingerprint density at radius 1 is 1.10 bits per heavy atom. The third kappa shape index (κ3) is 10.8. The molecule has 0 aliphatic heterocycles. The highest BCUT2D eigenvalue weighted by atomic mass is 16.4. The Bertz CT molecular complexity index is 401. The second kappa shape index (κ2) is 11.0. The molecule has 0 fully saturated rings. The molecule has 21 heavy (non-hydrogen) atoms. The van der Waals surface area contributed by atoms with Crippen LogP contribution < -0.4 is 5.32 Å². The molecule has 0 aromatic rings. The van der Waals surface area contributed by atoms with Crippen LogP contribution in [0.15, 0.2) is 23.3 Å². The summed E-state index contributed by atoms with van der Waals surface area (Å²) in [7, 11) is 0.